The van der Waals surface area contributed by atoms with Gasteiger partial charge in [0.15, 0.2) is 0 Å². The molecule has 1 rings (SSSR count). The molecule has 0 aromatic heterocycles. The standard InChI is InChI=1S/C14H23NO/c1-11(2)9-15(12(3)4)10-13-7-5-6-8-14(13)16/h5-8,11-12,16H,9-10H2,1-4H3. The predicted molar refractivity (Wildman–Crippen MR) is 68.5 cm³/mol. The Hall–Kier alpha value is -1.02. The normalized spacial score (nSPS) is 11.7. The van der Waals surface area contributed by atoms with E-state index in [4.69, 9.17) is 0 Å². The third-order valence-electron chi connectivity index (χ3n) is 2.70. The first-order valence-electron chi connectivity index (χ1n) is 6.01. The van der Waals surface area contributed by atoms with Crippen molar-refractivity contribution in [1.29, 1.82) is 0 Å². The lowest BCUT2D eigenvalue weighted by molar-refractivity contribution is 0.187. The molecule has 0 aliphatic carbocycles. The second-order valence-electron chi connectivity index (χ2n) is 5.05. The Labute approximate surface area is 98.9 Å². The van der Waals surface area contributed by atoms with Crippen molar-refractivity contribution in [2.45, 2.75) is 40.3 Å². The Balaban J connectivity index is 2.72. The molecule has 0 heterocycles. The molecule has 0 aliphatic heterocycles. The highest BCUT2D eigenvalue weighted by Crippen LogP contribution is 2.19. The van der Waals surface area contributed by atoms with E-state index >= 15 is 0 Å². The number of benzene rings is 1. The van der Waals surface area contributed by atoms with Crippen LogP contribution in [0, 0.1) is 5.92 Å². The topological polar surface area (TPSA) is 23.5 Å². The molecule has 0 saturated heterocycles. The zero-order valence-electron chi connectivity index (χ0n) is 10.8. The maximum Gasteiger partial charge on any atom is 0.120 e. The zero-order valence-corrected chi connectivity index (χ0v) is 10.8. The van der Waals surface area contributed by atoms with E-state index in [1.807, 2.05) is 18.2 Å². The second-order valence-corrected chi connectivity index (χ2v) is 5.05. The molecule has 90 valence electrons. The quantitative estimate of drug-likeness (QED) is 0.825. The number of hydrogen-bond donors (Lipinski definition) is 1. The van der Waals surface area contributed by atoms with Crippen LogP contribution in [-0.4, -0.2) is 22.6 Å². The van der Waals surface area contributed by atoms with Crippen molar-refractivity contribution in [2.75, 3.05) is 6.54 Å². The summed E-state index contributed by atoms with van der Waals surface area (Å²) in [6, 6.07) is 8.08. The van der Waals surface area contributed by atoms with E-state index in [0.717, 1.165) is 18.7 Å². The summed E-state index contributed by atoms with van der Waals surface area (Å²) < 4.78 is 0. The van der Waals surface area contributed by atoms with Gasteiger partial charge in [0.25, 0.3) is 0 Å². The van der Waals surface area contributed by atoms with Crippen LogP contribution in [0.5, 0.6) is 5.75 Å². The summed E-state index contributed by atoms with van der Waals surface area (Å²) in [6.07, 6.45) is 0. The third-order valence-corrected chi connectivity index (χ3v) is 2.70. The van der Waals surface area contributed by atoms with Crippen LogP contribution in [0.3, 0.4) is 0 Å². The van der Waals surface area contributed by atoms with Crippen LogP contribution in [0.25, 0.3) is 0 Å². The summed E-state index contributed by atoms with van der Waals surface area (Å²) in [4.78, 5) is 2.39. The number of para-hydroxylation sites is 1. The van der Waals surface area contributed by atoms with E-state index in [1.54, 1.807) is 6.07 Å². The summed E-state index contributed by atoms with van der Waals surface area (Å²) in [5.41, 5.74) is 1.01. The molecule has 2 nitrogen and oxygen atoms in total. The first-order valence-corrected chi connectivity index (χ1v) is 6.01. The smallest absolute Gasteiger partial charge is 0.120 e. The number of phenolic OH excluding ortho intramolecular Hbond substituents is 1. The van der Waals surface area contributed by atoms with Crippen molar-refractivity contribution in [3.8, 4) is 5.75 Å². The molecule has 0 unspecified atom stereocenters. The number of phenols is 1. The number of nitrogens with zero attached hydrogens (tertiary/aromatic N) is 1. The highest BCUT2D eigenvalue weighted by molar-refractivity contribution is 5.31. The summed E-state index contributed by atoms with van der Waals surface area (Å²) in [5.74, 6) is 1.05. The van der Waals surface area contributed by atoms with Crippen molar-refractivity contribution in [3.05, 3.63) is 29.8 Å². The molecule has 0 aliphatic rings. The summed E-state index contributed by atoms with van der Waals surface area (Å²) in [5, 5.41) is 9.75. The predicted octanol–water partition coefficient (Wildman–Crippen LogP) is 3.26. The molecule has 1 aromatic rings. The van der Waals surface area contributed by atoms with E-state index in [-0.39, 0.29) is 0 Å². The molecule has 0 amide bonds. The molecule has 0 spiro atoms. The number of hydrogen-bond acceptors (Lipinski definition) is 2. The second kappa shape index (κ2) is 5.90. The fourth-order valence-electron chi connectivity index (χ4n) is 1.79. The largest absolute Gasteiger partial charge is 0.508 e. The van der Waals surface area contributed by atoms with E-state index in [9.17, 15) is 5.11 Å². The highest BCUT2D eigenvalue weighted by Gasteiger charge is 2.13. The van der Waals surface area contributed by atoms with Crippen molar-refractivity contribution in [3.63, 3.8) is 0 Å². The fraction of sp³-hybridized carbons (Fsp3) is 0.571. The zero-order chi connectivity index (χ0) is 12.1. The van der Waals surface area contributed by atoms with Gasteiger partial charge >= 0.3 is 0 Å². The maximum absolute atomic E-state index is 9.75. The molecule has 0 fully saturated rings. The molecular weight excluding hydrogens is 198 g/mol. The number of aromatic hydroxyl groups is 1. The molecule has 0 atom stereocenters. The van der Waals surface area contributed by atoms with Crippen molar-refractivity contribution in [1.82, 2.24) is 4.90 Å². The summed E-state index contributed by atoms with van der Waals surface area (Å²) in [6.45, 7) is 10.7. The van der Waals surface area contributed by atoms with E-state index in [2.05, 4.69) is 32.6 Å². The minimum atomic E-state index is 0.400. The van der Waals surface area contributed by atoms with Gasteiger partial charge in [0.2, 0.25) is 0 Å². The fourth-order valence-corrected chi connectivity index (χ4v) is 1.79. The van der Waals surface area contributed by atoms with E-state index in [0.29, 0.717) is 17.7 Å². The first-order chi connectivity index (χ1) is 7.50. The minimum absolute atomic E-state index is 0.400. The lowest BCUT2D eigenvalue weighted by atomic mass is 10.1. The van der Waals surface area contributed by atoms with Crippen LogP contribution in [0.4, 0.5) is 0 Å². The molecule has 1 N–H and O–H groups in total. The van der Waals surface area contributed by atoms with Crippen molar-refractivity contribution < 1.29 is 5.11 Å². The van der Waals surface area contributed by atoms with Crippen LogP contribution in [0.2, 0.25) is 0 Å². The van der Waals surface area contributed by atoms with Gasteiger partial charge in [0.05, 0.1) is 0 Å². The van der Waals surface area contributed by atoms with Crippen molar-refractivity contribution in [2.24, 2.45) is 5.92 Å². The van der Waals surface area contributed by atoms with Gasteiger partial charge in [-0.25, -0.2) is 0 Å². The Morgan fingerprint density at radius 3 is 2.25 bits per heavy atom. The molecule has 16 heavy (non-hydrogen) atoms. The highest BCUT2D eigenvalue weighted by atomic mass is 16.3. The average molecular weight is 221 g/mol. The van der Waals surface area contributed by atoms with Gasteiger partial charge in [-0.1, -0.05) is 32.0 Å². The molecule has 0 saturated carbocycles. The van der Waals surface area contributed by atoms with Crippen LogP contribution >= 0.6 is 0 Å². The molecule has 0 bridgehead atoms. The van der Waals surface area contributed by atoms with Gasteiger partial charge in [-0.2, -0.15) is 0 Å². The monoisotopic (exact) mass is 221 g/mol. The van der Waals surface area contributed by atoms with Crippen LogP contribution in [-0.2, 0) is 6.54 Å². The van der Waals surface area contributed by atoms with Gasteiger partial charge in [-0.05, 0) is 25.8 Å². The van der Waals surface area contributed by atoms with Crippen molar-refractivity contribution >= 4 is 0 Å². The molecule has 1 aromatic carbocycles. The van der Waals surface area contributed by atoms with E-state index in [1.165, 1.54) is 0 Å². The summed E-state index contributed by atoms with van der Waals surface area (Å²) >= 11 is 0. The van der Waals surface area contributed by atoms with Gasteiger partial charge in [0, 0.05) is 24.7 Å². The Morgan fingerprint density at radius 2 is 1.75 bits per heavy atom. The Bertz CT molecular complexity index is 320. The third kappa shape index (κ3) is 3.86. The number of rotatable bonds is 5. The van der Waals surface area contributed by atoms with E-state index < -0.39 is 0 Å². The van der Waals surface area contributed by atoms with Gasteiger partial charge < -0.3 is 5.11 Å². The maximum atomic E-state index is 9.75. The van der Waals surface area contributed by atoms with Gasteiger partial charge in [0.1, 0.15) is 5.75 Å². The van der Waals surface area contributed by atoms with Gasteiger partial charge in [-0.15, -0.1) is 0 Å². The Morgan fingerprint density at radius 1 is 1.12 bits per heavy atom. The summed E-state index contributed by atoms with van der Waals surface area (Å²) in [7, 11) is 0. The van der Waals surface area contributed by atoms with Gasteiger partial charge in [-0.3, -0.25) is 4.90 Å². The molecule has 2 heteroatoms. The Kier molecular flexibility index (Phi) is 4.81. The van der Waals surface area contributed by atoms with Crippen LogP contribution in [0.15, 0.2) is 24.3 Å². The minimum Gasteiger partial charge on any atom is -0.508 e. The first kappa shape index (κ1) is 13.0. The van der Waals surface area contributed by atoms with Crippen LogP contribution < -0.4 is 0 Å². The van der Waals surface area contributed by atoms with Crippen LogP contribution in [0.1, 0.15) is 33.3 Å². The average Bonchev–Trinajstić information content (AvgIpc) is 2.19. The molecule has 0 radical (unpaired) electrons. The molecular formula is C14H23NO. The lowest BCUT2D eigenvalue weighted by Crippen LogP contribution is -2.33. The lowest BCUT2D eigenvalue weighted by Gasteiger charge is -2.28. The SMILES string of the molecule is CC(C)CN(Cc1ccccc1O)C(C)C.